The van der Waals surface area contributed by atoms with Crippen LogP contribution in [-0.2, 0) is 32.7 Å². The van der Waals surface area contributed by atoms with E-state index in [9.17, 15) is 44.6 Å². The molecule has 6 unspecified atom stereocenters. The standard InChI is InChI=1S/C51H93O13P/c1-3-5-7-9-11-13-15-17-19-21-22-24-25-27-29-31-33-35-37-39-44(52)61-41-43(42-62-65(59,60)64-51-49(57)47(55)46(54)48(56)50(51)58)63-45(53)40-38-36-34-32-30-28-26-23-20-18-16-14-12-10-8-6-4-2/h12,14,18,20,26,28,43,46-51,54-58H,3-11,13,15-17,19,21-25,27,29-42H2,1-2H3,(H,59,60)/b14-12-,20-18-,28-26-/t43-,46?,47-,48?,49?,50?,51?/m1/s1. The summed E-state index contributed by atoms with van der Waals surface area (Å²) in [5, 5.41) is 50.2. The van der Waals surface area contributed by atoms with Crippen LogP contribution in [-0.4, -0.2) is 98.3 Å². The average Bonchev–Trinajstić information content (AvgIpc) is 3.29. The molecule has 1 fully saturated rings. The summed E-state index contributed by atoms with van der Waals surface area (Å²) in [4.78, 5) is 35.8. The molecule has 1 rings (SSSR count). The van der Waals surface area contributed by atoms with Gasteiger partial charge in [0.25, 0.3) is 0 Å². The van der Waals surface area contributed by atoms with Crippen LogP contribution in [0.15, 0.2) is 36.5 Å². The minimum Gasteiger partial charge on any atom is -0.462 e. The van der Waals surface area contributed by atoms with Crippen LogP contribution in [0.3, 0.4) is 0 Å². The lowest BCUT2D eigenvalue weighted by molar-refractivity contribution is -0.220. The number of rotatable bonds is 43. The number of unbranched alkanes of at least 4 members (excludes halogenated alkanes) is 25. The van der Waals surface area contributed by atoms with Crippen molar-refractivity contribution in [2.24, 2.45) is 0 Å². The predicted octanol–water partition coefficient (Wildman–Crippen LogP) is 11.0. The Morgan fingerprint density at radius 1 is 0.477 bits per heavy atom. The normalized spacial score (nSPS) is 21.7. The van der Waals surface area contributed by atoms with Gasteiger partial charge in [0, 0.05) is 12.8 Å². The second-order valence-corrected chi connectivity index (χ2v) is 19.4. The molecule has 0 bridgehead atoms. The zero-order valence-corrected chi connectivity index (χ0v) is 41.4. The average molecular weight is 945 g/mol. The van der Waals surface area contributed by atoms with Crippen molar-refractivity contribution in [3.05, 3.63) is 36.5 Å². The van der Waals surface area contributed by atoms with E-state index in [0.29, 0.717) is 12.8 Å². The Morgan fingerprint density at radius 2 is 0.831 bits per heavy atom. The summed E-state index contributed by atoms with van der Waals surface area (Å²) in [6, 6.07) is 0. The quantitative estimate of drug-likeness (QED) is 0.0146. The van der Waals surface area contributed by atoms with E-state index in [1.807, 2.05) is 0 Å². The number of hydrogen-bond acceptors (Lipinski definition) is 12. The lowest BCUT2D eigenvalue weighted by Crippen LogP contribution is -2.64. The van der Waals surface area contributed by atoms with Crippen LogP contribution in [0, 0.1) is 0 Å². The third kappa shape index (κ3) is 33.3. The van der Waals surface area contributed by atoms with E-state index in [4.69, 9.17) is 18.5 Å². The van der Waals surface area contributed by atoms with Crippen LogP contribution in [0.2, 0.25) is 0 Å². The van der Waals surface area contributed by atoms with Gasteiger partial charge in [-0.05, 0) is 51.4 Å². The van der Waals surface area contributed by atoms with Crippen LogP contribution >= 0.6 is 7.82 Å². The fourth-order valence-electron chi connectivity index (χ4n) is 7.82. The van der Waals surface area contributed by atoms with Gasteiger partial charge in [0.15, 0.2) is 6.10 Å². The molecule has 13 nitrogen and oxygen atoms in total. The number of esters is 2. The molecule has 1 saturated carbocycles. The highest BCUT2D eigenvalue weighted by Gasteiger charge is 2.51. The molecule has 0 aliphatic heterocycles. The van der Waals surface area contributed by atoms with Gasteiger partial charge in [0.05, 0.1) is 6.61 Å². The summed E-state index contributed by atoms with van der Waals surface area (Å²) in [6.45, 7) is 3.28. The van der Waals surface area contributed by atoms with Crippen molar-refractivity contribution in [3.63, 3.8) is 0 Å². The minimum atomic E-state index is -5.13. The Labute approximate surface area is 393 Å². The van der Waals surface area contributed by atoms with Gasteiger partial charge in [0.2, 0.25) is 0 Å². The number of carbonyl (C=O) groups excluding carboxylic acids is 2. The van der Waals surface area contributed by atoms with Crippen molar-refractivity contribution in [2.45, 2.75) is 262 Å². The second kappa shape index (κ2) is 41.1. The van der Waals surface area contributed by atoms with Crippen molar-refractivity contribution >= 4 is 19.8 Å². The van der Waals surface area contributed by atoms with Crippen LogP contribution < -0.4 is 0 Å². The molecule has 0 saturated heterocycles. The first-order chi connectivity index (χ1) is 31.4. The second-order valence-electron chi connectivity index (χ2n) is 18.0. The summed E-state index contributed by atoms with van der Waals surface area (Å²) in [6.07, 6.45) is 34.7. The molecule has 6 N–H and O–H groups in total. The maximum absolute atomic E-state index is 12.8. The van der Waals surface area contributed by atoms with Crippen molar-refractivity contribution in [1.82, 2.24) is 0 Å². The van der Waals surface area contributed by atoms with Gasteiger partial charge in [-0.15, -0.1) is 0 Å². The predicted molar refractivity (Wildman–Crippen MR) is 258 cm³/mol. The molecule has 0 aromatic heterocycles. The number of ether oxygens (including phenoxy) is 2. The van der Waals surface area contributed by atoms with Crippen molar-refractivity contribution in [1.29, 1.82) is 0 Å². The first-order valence-electron chi connectivity index (χ1n) is 25.8. The molecular formula is C51H93O13P. The zero-order chi connectivity index (χ0) is 47.8. The third-order valence-corrected chi connectivity index (χ3v) is 13.0. The van der Waals surface area contributed by atoms with Gasteiger partial charge in [-0.1, -0.05) is 192 Å². The first kappa shape index (κ1) is 61.1. The first-order valence-corrected chi connectivity index (χ1v) is 27.3. The molecule has 1 aliphatic carbocycles. The zero-order valence-electron chi connectivity index (χ0n) is 40.5. The minimum absolute atomic E-state index is 0.0728. The Balaban J connectivity index is 2.41. The van der Waals surface area contributed by atoms with E-state index in [1.54, 1.807) is 0 Å². The molecule has 65 heavy (non-hydrogen) atoms. The summed E-state index contributed by atoms with van der Waals surface area (Å²) in [5.74, 6) is -1.12. The number of phosphoric ester groups is 1. The Morgan fingerprint density at radius 3 is 1.29 bits per heavy atom. The number of aliphatic hydroxyl groups excluding tert-OH is 5. The molecule has 0 radical (unpaired) electrons. The lowest BCUT2D eigenvalue weighted by atomic mass is 9.85. The van der Waals surface area contributed by atoms with Gasteiger partial charge in [-0.2, -0.15) is 0 Å². The number of carbonyl (C=O) groups is 2. The van der Waals surface area contributed by atoms with E-state index in [0.717, 1.165) is 64.2 Å². The van der Waals surface area contributed by atoms with Crippen LogP contribution in [0.25, 0.3) is 0 Å². The van der Waals surface area contributed by atoms with E-state index in [2.05, 4.69) is 50.3 Å². The highest BCUT2D eigenvalue weighted by molar-refractivity contribution is 7.47. The van der Waals surface area contributed by atoms with Gasteiger partial charge in [-0.3, -0.25) is 18.6 Å². The van der Waals surface area contributed by atoms with Crippen LogP contribution in [0.1, 0.15) is 219 Å². The summed E-state index contributed by atoms with van der Waals surface area (Å²) < 4.78 is 33.6. The smallest absolute Gasteiger partial charge is 0.462 e. The lowest BCUT2D eigenvalue weighted by Gasteiger charge is -2.41. The summed E-state index contributed by atoms with van der Waals surface area (Å²) in [7, 11) is -5.13. The van der Waals surface area contributed by atoms with Gasteiger partial charge in [-0.25, -0.2) is 4.57 Å². The Bertz CT molecular complexity index is 1280. The highest BCUT2D eigenvalue weighted by Crippen LogP contribution is 2.47. The van der Waals surface area contributed by atoms with Crippen LogP contribution in [0.4, 0.5) is 0 Å². The SMILES string of the molecule is CCCCC/C=C\C/C=C\C/C=C\CCCCCCC(=O)O[C@H](COC(=O)CCCCCCCCCCCCCCCCCCCCC)COP(=O)(O)OC1C(O)C(O)C(O)[C@@H](O)C1O. The number of allylic oxidation sites excluding steroid dienone is 6. The number of hydrogen-bond donors (Lipinski definition) is 6. The topological polar surface area (TPSA) is 210 Å². The molecule has 1 aliphatic rings. The van der Waals surface area contributed by atoms with E-state index >= 15 is 0 Å². The van der Waals surface area contributed by atoms with Crippen molar-refractivity contribution < 1.29 is 63.1 Å². The fourth-order valence-corrected chi connectivity index (χ4v) is 8.80. The van der Waals surface area contributed by atoms with Gasteiger partial charge < -0.3 is 39.9 Å². The molecule has 0 spiro atoms. The maximum Gasteiger partial charge on any atom is 0.472 e. The fraction of sp³-hybridized carbons (Fsp3) is 0.843. The van der Waals surface area contributed by atoms with Crippen LogP contribution in [0.5, 0.6) is 0 Å². The molecule has 8 atom stereocenters. The van der Waals surface area contributed by atoms with Gasteiger partial charge in [0.1, 0.15) is 43.2 Å². The monoisotopic (exact) mass is 945 g/mol. The highest BCUT2D eigenvalue weighted by atomic mass is 31.2. The number of phosphoric acid groups is 1. The molecule has 0 amide bonds. The summed E-state index contributed by atoms with van der Waals surface area (Å²) in [5.41, 5.74) is 0. The third-order valence-electron chi connectivity index (χ3n) is 12.0. The molecule has 380 valence electrons. The largest absolute Gasteiger partial charge is 0.472 e. The summed E-state index contributed by atoms with van der Waals surface area (Å²) >= 11 is 0. The van der Waals surface area contributed by atoms with Crippen molar-refractivity contribution in [2.75, 3.05) is 13.2 Å². The van der Waals surface area contributed by atoms with E-state index in [-0.39, 0.29) is 12.8 Å². The van der Waals surface area contributed by atoms with E-state index < -0.39 is 75.7 Å². The van der Waals surface area contributed by atoms with E-state index in [1.165, 1.54) is 116 Å². The molecule has 0 heterocycles. The number of aliphatic hydroxyl groups is 5. The molecular weight excluding hydrogens is 852 g/mol. The van der Waals surface area contributed by atoms with Gasteiger partial charge >= 0.3 is 19.8 Å². The molecule has 14 heteroatoms. The maximum atomic E-state index is 12.8. The molecule has 0 aromatic rings. The Hall–Kier alpha value is -1.93. The Kier molecular flexibility index (Phi) is 38.6. The molecule has 0 aromatic carbocycles. The van der Waals surface area contributed by atoms with Crippen molar-refractivity contribution in [3.8, 4) is 0 Å².